The van der Waals surface area contributed by atoms with E-state index in [-0.39, 0.29) is 5.92 Å². The second kappa shape index (κ2) is 6.83. The molecule has 2 atom stereocenters. The van der Waals surface area contributed by atoms with Gasteiger partial charge in [-0.2, -0.15) is 0 Å². The van der Waals surface area contributed by atoms with Gasteiger partial charge in [0, 0.05) is 40.6 Å². The molecule has 2 heterocycles. The summed E-state index contributed by atoms with van der Waals surface area (Å²) in [5.74, 6) is 1.51. The third kappa shape index (κ3) is 3.20. The van der Waals surface area contributed by atoms with Crippen LogP contribution in [0, 0.1) is 5.92 Å². The van der Waals surface area contributed by atoms with Crippen LogP contribution >= 0.6 is 15.9 Å². The Bertz CT molecular complexity index is 969. The number of likely N-dealkylation sites (tertiary alicyclic amines) is 1. The molecule has 3 aromatic rings. The number of piperidine rings is 1. The summed E-state index contributed by atoms with van der Waals surface area (Å²) in [7, 11) is 0. The SMILES string of the molecule is O=C(C1CC1c1ccc(Br)cc1)N1CCC(c2c[nH]c3ccccc23)CC1. The van der Waals surface area contributed by atoms with Crippen LogP contribution in [0.4, 0.5) is 0 Å². The van der Waals surface area contributed by atoms with Crippen molar-refractivity contribution in [3.8, 4) is 0 Å². The standard InChI is InChI=1S/C23H23BrN2O/c24-17-7-5-15(6-8-17)19-13-20(19)23(27)26-11-9-16(10-12-26)21-14-25-22-4-2-1-3-18(21)22/h1-8,14,16,19-20,25H,9-13H2. The number of nitrogens with one attached hydrogen (secondary N) is 1. The summed E-state index contributed by atoms with van der Waals surface area (Å²) in [5, 5.41) is 1.33. The van der Waals surface area contributed by atoms with Gasteiger partial charge in [-0.05, 0) is 60.4 Å². The van der Waals surface area contributed by atoms with E-state index in [2.05, 4.69) is 80.5 Å². The van der Waals surface area contributed by atoms with E-state index in [1.807, 2.05) is 0 Å². The number of aromatic nitrogens is 1. The summed E-state index contributed by atoms with van der Waals surface area (Å²) in [4.78, 5) is 18.4. The maximum Gasteiger partial charge on any atom is 0.226 e. The van der Waals surface area contributed by atoms with Crippen LogP contribution in [0.1, 0.15) is 42.2 Å². The van der Waals surface area contributed by atoms with Crippen molar-refractivity contribution >= 4 is 32.7 Å². The second-order valence-electron chi connectivity index (χ2n) is 7.89. The van der Waals surface area contributed by atoms with E-state index in [4.69, 9.17) is 0 Å². The molecule has 1 amide bonds. The summed E-state index contributed by atoms with van der Waals surface area (Å²) in [6.07, 6.45) is 5.28. The molecular weight excluding hydrogens is 400 g/mol. The van der Waals surface area contributed by atoms with Crippen molar-refractivity contribution < 1.29 is 4.79 Å². The van der Waals surface area contributed by atoms with Gasteiger partial charge in [-0.15, -0.1) is 0 Å². The van der Waals surface area contributed by atoms with E-state index in [9.17, 15) is 4.79 Å². The molecule has 2 aromatic carbocycles. The second-order valence-corrected chi connectivity index (χ2v) is 8.81. The summed E-state index contributed by atoms with van der Waals surface area (Å²) >= 11 is 3.48. The van der Waals surface area contributed by atoms with Crippen molar-refractivity contribution in [2.24, 2.45) is 5.92 Å². The number of carbonyl (C=O) groups excluding carboxylic acids is 1. The lowest BCUT2D eigenvalue weighted by molar-refractivity contribution is -0.133. The number of amides is 1. The molecule has 1 saturated heterocycles. The zero-order valence-electron chi connectivity index (χ0n) is 15.2. The van der Waals surface area contributed by atoms with E-state index in [1.54, 1.807) is 0 Å². The molecule has 27 heavy (non-hydrogen) atoms. The largest absolute Gasteiger partial charge is 0.361 e. The molecule has 1 saturated carbocycles. The average molecular weight is 423 g/mol. The van der Waals surface area contributed by atoms with Crippen LogP contribution in [0.3, 0.4) is 0 Å². The number of H-pyrrole nitrogens is 1. The van der Waals surface area contributed by atoms with Crippen LogP contribution in [-0.4, -0.2) is 28.9 Å². The topological polar surface area (TPSA) is 36.1 Å². The lowest BCUT2D eigenvalue weighted by atomic mass is 9.89. The quantitative estimate of drug-likeness (QED) is 0.598. The number of carbonyl (C=O) groups is 1. The number of halogens is 1. The van der Waals surface area contributed by atoms with Crippen molar-refractivity contribution in [1.82, 2.24) is 9.88 Å². The summed E-state index contributed by atoms with van der Waals surface area (Å²) in [6.45, 7) is 1.76. The van der Waals surface area contributed by atoms with Crippen molar-refractivity contribution in [3.05, 3.63) is 70.3 Å². The molecule has 1 aromatic heterocycles. The van der Waals surface area contributed by atoms with Gasteiger partial charge in [-0.3, -0.25) is 4.79 Å². The number of benzene rings is 2. The molecule has 3 nitrogen and oxygen atoms in total. The number of aromatic amines is 1. The van der Waals surface area contributed by atoms with Gasteiger partial charge < -0.3 is 9.88 Å². The Kier molecular flexibility index (Phi) is 4.31. The Morgan fingerprint density at radius 2 is 1.78 bits per heavy atom. The molecule has 2 fully saturated rings. The molecule has 0 radical (unpaired) electrons. The molecule has 4 heteroatoms. The zero-order chi connectivity index (χ0) is 18.4. The number of fused-ring (bicyclic) bond motifs is 1. The summed E-state index contributed by atoms with van der Waals surface area (Å²) < 4.78 is 1.09. The number of nitrogens with zero attached hydrogens (tertiary/aromatic N) is 1. The van der Waals surface area contributed by atoms with Gasteiger partial charge in [-0.1, -0.05) is 46.3 Å². The fourth-order valence-corrected chi connectivity index (χ4v) is 4.89. The monoisotopic (exact) mass is 422 g/mol. The Morgan fingerprint density at radius 3 is 2.56 bits per heavy atom. The average Bonchev–Trinajstić information content (AvgIpc) is 3.39. The Labute approximate surface area is 167 Å². The molecule has 1 aliphatic carbocycles. The van der Waals surface area contributed by atoms with Crippen molar-refractivity contribution in [2.75, 3.05) is 13.1 Å². The van der Waals surface area contributed by atoms with E-state index < -0.39 is 0 Å². The fraction of sp³-hybridized carbons (Fsp3) is 0.348. The zero-order valence-corrected chi connectivity index (χ0v) is 16.8. The summed E-state index contributed by atoms with van der Waals surface area (Å²) in [5.41, 5.74) is 3.92. The third-order valence-electron chi connectivity index (χ3n) is 6.27. The van der Waals surface area contributed by atoms with Crippen molar-refractivity contribution in [2.45, 2.75) is 31.1 Å². The van der Waals surface area contributed by atoms with E-state index in [0.717, 1.165) is 36.8 Å². The normalized spacial score (nSPS) is 22.9. The first kappa shape index (κ1) is 17.1. The highest BCUT2D eigenvalue weighted by Crippen LogP contribution is 2.49. The minimum atomic E-state index is 0.191. The fourth-order valence-electron chi connectivity index (χ4n) is 4.62. The third-order valence-corrected chi connectivity index (χ3v) is 6.80. The van der Waals surface area contributed by atoms with E-state index >= 15 is 0 Å². The number of hydrogen-bond donors (Lipinski definition) is 1. The van der Waals surface area contributed by atoms with Crippen LogP contribution in [0.2, 0.25) is 0 Å². The summed E-state index contributed by atoms with van der Waals surface area (Å²) in [6, 6.07) is 16.9. The first-order valence-corrected chi connectivity index (χ1v) is 10.6. The Balaban J connectivity index is 1.22. The molecule has 1 aliphatic heterocycles. The smallest absolute Gasteiger partial charge is 0.226 e. The molecule has 5 rings (SSSR count). The number of hydrogen-bond acceptors (Lipinski definition) is 1. The van der Waals surface area contributed by atoms with Gasteiger partial charge in [0.2, 0.25) is 5.91 Å². The molecule has 138 valence electrons. The minimum absolute atomic E-state index is 0.191. The highest BCUT2D eigenvalue weighted by molar-refractivity contribution is 9.10. The predicted octanol–water partition coefficient (Wildman–Crippen LogP) is 5.44. The maximum atomic E-state index is 12.9. The molecule has 2 unspecified atom stereocenters. The van der Waals surface area contributed by atoms with Gasteiger partial charge in [0.15, 0.2) is 0 Å². The van der Waals surface area contributed by atoms with E-state index in [0.29, 0.717) is 17.7 Å². The lowest BCUT2D eigenvalue weighted by Gasteiger charge is -2.32. The first-order chi connectivity index (χ1) is 13.2. The first-order valence-electron chi connectivity index (χ1n) is 9.81. The van der Waals surface area contributed by atoms with Crippen LogP contribution < -0.4 is 0 Å². The lowest BCUT2D eigenvalue weighted by Crippen LogP contribution is -2.39. The molecule has 2 aliphatic rings. The maximum absolute atomic E-state index is 12.9. The Morgan fingerprint density at radius 1 is 1.04 bits per heavy atom. The highest BCUT2D eigenvalue weighted by atomic mass is 79.9. The molecular formula is C23H23BrN2O. The van der Waals surface area contributed by atoms with Gasteiger partial charge in [0.05, 0.1) is 0 Å². The number of para-hydroxylation sites is 1. The molecule has 0 spiro atoms. The van der Waals surface area contributed by atoms with Crippen LogP contribution in [0.15, 0.2) is 59.2 Å². The minimum Gasteiger partial charge on any atom is -0.361 e. The van der Waals surface area contributed by atoms with Crippen molar-refractivity contribution in [1.29, 1.82) is 0 Å². The van der Waals surface area contributed by atoms with Crippen LogP contribution in [-0.2, 0) is 4.79 Å². The van der Waals surface area contributed by atoms with Gasteiger partial charge in [0.1, 0.15) is 0 Å². The van der Waals surface area contributed by atoms with Crippen molar-refractivity contribution in [3.63, 3.8) is 0 Å². The van der Waals surface area contributed by atoms with Gasteiger partial charge in [-0.25, -0.2) is 0 Å². The van der Waals surface area contributed by atoms with Crippen LogP contribution in [0.25, 0.3) is 10.9 Å². The van der Waals surface area contributed by atoms with Gasteiger partial charge >= 0.3 is 0 Å². The molecule has 0 bridgehead atoms. The highest BCUT2D eigenvalue weighted by Gasteiger charge is 2.46. The Hall–Kier alpha value is -2.07. The van der Waals surface area contributed by atoms with Gasteiger partial charge in [0.25, 0.3) is 0 Å². The number of rotatable bonds is 3. The molecule has 1 N–H and O–H groups in total. The predicted molar refractivity (Wildman–Crippen MR) is 112 cm³/mol. The van der Waals surface area contributed by atoms with E-state index in [1.165, 1.54) is 22.0 Å². The van der Waals surface area contributed by atoms with Crippen LogP contribution in [0.5, 0.6) is 0 Å².